The van der Waals surface area contributed by atoms with E-state index in [1.165, 1.54) is 5.56 Å². The van der Waals surface area contributed by atoms with Gasteiger partial charge in [-0.3, -0.25) is 0 Å². The molecule has 2 nitrogen and oxygen atoms in total. The van der Waals surface area contributed by atoms with Crippen LogP contribution in [0.2, 0.25) is 0 Å². The normalized spacial score (nSPS) is 12.8. The summed E-state index contributed by atoms with van der Waals surface area (Å²) in [5.41, 5.74) is 1.36. The van der Waals surface area contributed by atoms with Crippen molar-refractivity contribution in [2.45, 2.75) is 33.2 Å². The van der Waals surface area contributed by atoms with Crippen LogP contribution in [0.15, 0.2) is 24.3 Å². The van der Waals surface area contributed by atoms with Crippen LogP contribution in [0.3, 0.4) is 0 Å². The molecule has 0 saturated carbocycles. The molecule has 1 N–H and O–H groups in total. The van der Waals surface area contributed by atoms with Crippen molar-refractivity contribution in [2.75, 3.05) is 13.7 Å². The molecule has 0 aromatic heterocycles. The molecular formula is C14H23NO. The lowest BCUT2D eigenvalue weighted by atomic mass is 9.96. The van der Waals surface area contributed by atoms with Gasteiger partial charge in [0.25, 0.3) is 0 Å². The van der Waals surface area contributed by atoms with Crippen molar-refractivity contribution in [1.82, 2.24) is 5.32 Å². The molecule has 1 aromatic rings. The molecule has 1 aromatic carbocycles. The van der Waals surface area contributed by atoms with Gasteiger partial charge in [0.15, 0.2) is 0 Å². The number of likely N-dealkylation sites (N-methyl/N-ethyl adjacent to an activating group) is 1. The number of ether oxygens (including phenoxy) is 1. The molecule has 16 heavy (non-hydrogen) atoms. The van der Waals surface area contributed by atoms with Crippen LogP contribution in [0.25, 0.3) is 0 Å². The van der Waals surface area contributed by atoms with E-state index in [9.17, 15) is 0 Å². The summed E-state index contributed by atoms with van der Waals surface area (Å²) in [7, 11) is 1.70. The minimum atomic E-state index is 0.554. The largest absolute Gasteiger partial charge is 0.497 e. The first-order valence-corrected chi connectivity index (χ1v) is 6.03. The Morgan fingerprint density at radius 2 is 1.81 bits per heavy atom. The summed E-state index contributed by atoms with van der Waals surface area (Å²) in [5.74, 6) is 1.58. The molecule has 0 bridgehead atoms. The van der Waals surface area contributed by atoms with Gasteiger partial charge >= 0.3 is 0 Å². The molecule has 0 heterocycles. The molecule has 1 unspecified atom stereocenters. The van der Waals surface area contributed by atoms with E-state index in [0.29, 0.717) is 12.0 Å². The van der Waals surface area contributed by atoms with Crippen molar-refractivity contribution in [3.63, 3.8) is 0 Å². The third kappa shape index (κ3) is 3.86. The molecule has 0 radical (unpaired) electrons. The van der Waals surface area contributed by atoms with Crippen LogP contribution < -0.4 is 10.1 Å². The Morgan fingerprint density at radius 3 is 2.25 bits per heavy atom. The number of nitrogens with one attached hydrogen (secondary N) is 1. The molecule has 90 valence electrons. The van der Waals surface area contributed by atoms with Crippen LogP contribution in [0, 0.1) is 5.92 Å². The average Bonchev–Trinajstić information content (AvgIpc) is 2.29. The highest BCUT2D eigenvalue weighted by Gasteiger charge is 2.12. The molecule has 1 rings (SSSR count). The Balaban J connectivity index is 2.62. The minimum absolute atomic E-state index is 0.554. The van der Waals surface area contributed by atoms with E-state index in [1.807, 2.05) is 12.1 Å². The van der Waals surface area contributed by atoms with E-state index >= 15 is 0 Å². The molecule has 2 heteroatoms. The highest BCUT2D eigenvalue weighted by atomic mass is 16.5. The minimum Gasteiger partial charge on any atom is -0.497 e. The number of methoxy groups -OCH3 is 1. The van der Waals surface area contributed by atoms with Gasteiger partial charge in [-0.15, -0.1) is 0 Å². The number of hydrogen-bond acceptors (Lipinski definition) is 2. The van der Waals surface area contributed by atoms with Gasteiger partial charge in [-0.25, -0.2) is 0 Å². The highest BCUT2D eigenvalue weighted by molar-refractivity contribution is 5.27. The number of benzene rings is 1. The van der Waals surface area contributed by atoms with Gasteiger partial charge in [0.2, 0.25) is 0 Å². The highest BCUT2D eigenvalue weighted by Crippen LogP contribution is 2.15. The van der Waals surface area contributed by atoms with Crippen LogP contribution in [0.4, 0.5) is 0 Å². The first-order valence-electron chi connectivity index (χ1n) is 6.03. The fourth-order valence-electron chi connectivity index (χ4n) is 1.82. The van der Waals surface area contributed by atoms with Crippen LogP contribution in [0.1, 0.15) is 26.3 Å². The monoisotopic (exact) mass is 221 g/mol. The summed E-state index contributed by atoms with van der Waals surface area (Å²) in [5, 5.41) is 3.53. The van der Waals surface area contributed by atoms with E-state index < -0.39 is 0 Å². The number of rotatable bonds is 6. The van der Waals surface area contributed by atoms with Crippen molar-refractivity contribution in [3.8, 4) is 5.75 Å². The van der Waals surface area contributed by atoms with Gasteiger partial charge in [-0.1, -0.05) is 32.9 Å². The van der Waals surface area contributed by atoms with Crippen molar-refractivity contribution in [1.29, 1.82) is 0 Å². The van der Waals surface area contributed by atoms with Gasteiger partial charge in [-0.2, -0.15) is 0 Å². The topological polar surface area (TPSA) is 21.3 Å². The van der Waals surface area contributed by atoms with Crippen LogP contribution in [-0.2, 0) is 6.42 Å². The second-order valence-electron chi connectivity index (χ2n) is 4.46. The summed E-state index contributed by atoms with van der Waals surface area (Å²) in [6.07, 6.45) is 1.08. The maximum atomic E-state index is 5.15. The third-order valence-corrected chi connectivity index (χ3v) is 2.89. The lowest BCUT2D eigenvalue weighted by Gasteiger charge is -2.21. The predicted molar refractivity (Wildman–Crippen MR) is 69.0 cm³/mol. The van der Waals surface area contributed by atoms with Crippen molar-refractivity contribution < 1.29 is 4.74 Å². The van der Waals surface area contributed by atoms with E-state index in [-0.39, 0.29) is 0 Å². The Hall–Kier alpha value is -1.02. The fraction of sp³-hybridized carbons (Fsp3) is 0.571. The Labute approximate surface area is 99.0 Å². The average molecular weight is 221 g/mol. The van der Waals surface area contributed by atoms with E-state index in [0.717, 1.165) is 18.7 Å². The summed E-state index contributed by atoms with van der Waals surface area (Å²) >= 11 is 0. The lowest BCUT2D eigenvalue weighted by molar-refractivity contribution is 0.403. The molecule has 0 aliphatic carbocycles. The Morgan fingerprint density at radius 1 is 1.19 bits per heavy atom. The zero-order valence-electron chi connectivity index (χ0n) is 10.8. The summed E-state index contributed by atoms with van der Waals surface area (Å²) in [4.78, 5) is 0. The molecular weight excluding hydrogens is 198 g/mol. The standard InChI is InChI=1S/C14H23NO/c1-5-15-14(11(2)3)10-12-6-8-13(16-4)9-7-12/h6-9,11,14-15H,5,10H2,1-4H3. The fourth-order valence-corrected chi connectivity index (χ4v) is 1.82. The Bertz CT molecular complexity index is 292. The van der Waals surface area contributed by atoms with E-state index in [2.05, 4.69) is 38.2 Å². The second-order valence-corrected chi connectivity index (χ2v) is 4.46. The first kappa shape index (κ1) is 13.0. The molecule has 0 saturated heterocycles. The smallest absolute Gasteiger partial charge is 0.118 e. The summed E-state index contributed by atoms with van der Waals surface area (Å²) < 4.78 is 5.15. The zero-order valence-corrected chi connectivity index (χ0v) is 10.8. The zero-order chi connectivity index (χ0) is 12.0. The lowest BCUT2D eigenvalue weighted by Crippen LogP contribution is -2.35. The van der Waals surface area contributed by atoms with Crippen LogP contribution in [-0.4, -0.2) is 19.7 Å². The Kier molecular flexibility index (Phi) is 5.33. The van der Waals surface area contributed by atoms with E-state index in [1.54, 1.807) is 7.11 Å². The van der Waals surface area contributed by atoms with Gasteiger partial charge in [0, 0.05) is 6.04 Å². The number of hydrogen-bond donors (Lipinski definition) is 1. The van der Waals surface area contributed by atoms with Crippen molar-refractivity contribution >= 4 is 0 Å². The van der Waals surface area contributed by atoms with Crippen LogP contribution >= 0.6 is 0 Å². The predicted octanol–water partition coefficient (Wildman–Crippen LogP) is 2.87. The van der Waals surface area contributed by atoms with Crippen molar-refractivity contribution in [3.05, 3.63) is 29.8 Å². The molecule has 0 fully saturated rings. The molecule has 1 atom stereocenters. The molecule has 0 spiro atoms. The molecule has 0 aliphatic rings. The quantitative estimate of drug-likeness (QED) is 0.797. The molecule has 0 aliphatic heterocycles. The maximum Gasteiger partial charge on any atom is 0.118 e. The van der Waals surface area contributed by atoms with Gasteiger partial charge in [0.1, 0.15) is 5.75 Å². The first-order chi connectivity index (χ1) is 7.67. The summed E-state index contributed by atoms with van der Waals surface area (Å²) in [6.45, 7) is 7.70. The summed E-state index contributed by atoms with van der Waals surface area (Å²) in [6, 6.07) is 8.90. The van der Waals surface area contributed by atoms with Gasteiger partial charge < -0.3 is 10.1 Å². The second kappa shape index (κ2) is 6.54. The molecule has 0 amide bonds. The maximum absolute atomic E-state index is 5.15. The SMILES string of the molecule is CCNC(Cc1ccc(OC)cc1)C(C)C. The van der Waals surface area contributed by atoms with Gasteiger partial charge in [-0.05, 0) is 36.6 Å². The van der Waals surface area contributed by atoms with E-state index in [4.69, 9.17) is 4.74 Å². The third-order valence-electron chi connectivity index (χ3n) is 2.89. The van der Waals surface area contributed by atoms with Crippen LogP contribution in [0.5, 0.6) is 5.75 Å². The van der Waals surface area contributed by atoms with Gasteiger partial charge in [0.05, 0.1) is 7.11 Å². The van der Waals surface area contributed by atoms with Crippen molar-refractivity contribution in [2.24, 2.45) is 5.92 Å².